The van der Waals surface area contributed by atoms with Gasteiger partial charge in [0.1, 0.15) is 0 Å². The van der Waals surface area contributed by atoms with Crippen LogP contribution in [0.4, 0.5) is 0 Å². The van der Waals surface area contributed by atoms with Crippen molar-refractivity contribution in [3.63, 3.8) is 0 Å². The highest BCUT2D eigenvalue weighted by atomic mass is 32.1. The molecule has 1 aliphatic heterocycles. The molecule has 0 radical (unpaired) electrons. The molecule has 1 N–H and O–H groups in total. The molecule has 1 aromatic heterocycles. The molecule has 1 unspecified atom stereocenters. The van der Waals surface area contributed by atoms with Crippen molar-refractivity contribution < 1.29 is 9.53 Å². The van der Waals surface area contributed by atoms with Gasteiger partial charge in [0.2, 0.25) is 0 Å². The van der Waals surface area contributed by atoms with Gasteiger partial charge in [-0.25, -0.2) is 0 Å². The molecule has 0 spiro atoms. The molecule has 2 aromatic rings. The fourth-order valence-electron chi connectivity index (χ4n) is 2.86. The summed E-state index contributed by atoms with van der Waals surface area (Å²) in [4.78, 5) is 15.4. The van der Waals surface area contributed by atoms with E-state index in [1.54, 1.807) is 0 Å². The zero-order valence-corrected chi connectivity index (χ0v) is 13.9. The summed E-state index contributed by atoms with van der Waals surface area (Å²) in [5.74, 6) is 0.0197. The number of ether oxygens (including phenoxy) is 1. The maximum Gasteiger partial charge on any atom is 0.261 e. The smallest absolute Gasteiger partial charge is 0.261 e. The lowest BCUT2D eigenvalue weighted by atomic mass is 10.0. The van der Waals surface area contributed by atoms with Crippen molar-refractivity contribution in [1.29, 1.82) is 0 Å². The molecule has 1 atom stereocenters. The Morgan fingerprint density at radius 1 is 1.17 bits per heavy atom. The van der Waals surface area contributed by atoms with Crippen molar-refractivity contribution in [1.82, 2.24) is 10.2 Å². The lowest BCUT2D eigenvalue weighted by Crippen LogP contribution is -2.49. The number of amides is 1. The Bertz CT molecular complexity index is 595. The number of hydrogen-bond donors (Lipinski definition) is 1. The van der Waals surface area contributed by atoms with E-state index in [1.165, 1.54) is 16.9 Å². The van der Waals surface area contributed by atoms with E-state index < -0.39 is 0 Å². The van der Waals surface area contributed by atoms with Crippen molar-refractivity contribution in [3.05, 3.63) is 58.3 Å². The van der Waals surface area contributed by atoms with Crippen LogP contribution in [0.2, 0.25) is 0 Å². The number of carbonyl (C=O) groups is 1. The summed E-state index contributed by atoms with van der Waals surface area (Å²) in [5.41, 5.74) is 1.30. The summed E-state index contributed by atoms with van der Waals surface area (Å²) in [6.07, 6.45) is 0.936. The normalized spacial score (nSPS) is 16.9. The van der Waals surface area contributed by atoms with Gasteiger partial charge < -0.3 is 10.1 Å². The molecule has 23 heavy (non-hydrogen) atoms. The van der Waals surface area contributed by atoms with E-state index in [0.29, 0.717) is 12.6 Å². The molecule has 0 bridgehead atoms. The van der Waals surface area contributed by atoms with Gasteiger partial charge in [-0.2, -0.15) is 0 Å². The predicted octanol–water partition coefficient (Wildman–Crippen LogP) is 2.42. The molecular weight excluding hydrogens is 308 g/mol. The van der Waals surface area contributed by atoms with Crippen LogP contribution >= 0.6 is 11.3 Å². The Hall–Kier alpha value is -1.69. The van der Waals surface area contributed by atoms with E-state index in [4.69, 9.17) is 4.74 Å². The fraction of sp³-hybridized carbons (Fsp3) is 0.389. The Labute approximate surface area is 141 Å². The standard InChI is InChI=1S/C18H22N2O2S/c21-18(17-7-4-12-23-17)19-14-16(20-8-10-22-11-9-20)13-15-5-2-1-3-6-15/h1-7,12,16H,8-11,13-14H2,(H,19,21). The van der Waals surface area contributed by atoms with E-state index in [9.17, 15) is 4.79 Å². The largest absolute Gasteiger partial charge is 0.379 e. The Morgan fingerprint density at radius 3 is 2.65 bits per heavy atom. The van der Waals surface area contributed by atoms with Gasteiger partial charge in [0.15, 0.2) is 0 Å². The molecule has 1 fully saturated rings. The topological polar surface area (TPSA) is 41.6 Å². The van der Waals surface area contributed by atoms with Crippen molar-refractivity contribution in [2.75, 3.05) is 32.8 Å². The third kappa shape index (κ3) is 4.64. The monoisotopic (exact) mass is 330 g/mol. The molecule has 4 nitrogen and oxygen atoms in total. The summed E-state index contributed by atoms with van der Waals surface area (Å²) in [6.45, 7) is 4.04. The molecule has 0 aliphatic carbocycles. The number of hydrogen-bond acceptors (Lipinski definition) is 4. The Balaban J connectivity index is 1.63. The van der Waals surface area contributed by atoms with Crippen LogP contribution in [0.15, 0.2) is 47.8 Å². The van der Waals surface area contributed by atoms with Crippen LogP contribution in [0.25, 0.3) is 0 Å². The number of benzene rings is 1. The van der Waals surface area contributed by atoms with Gasteiger partial charge in [-0.05, 0) is 23.4 Å². The zero-order valence-electron chi connectivity index (χ0n) is 13.1. The highest BCUT2D eigenvalue weighted by Gasteiger charge is 2.22. The SMILES string of the molecule is O=C(NCC(Cc1ccccc1)N1CCOCC1)c1cccs1. The maximum atomic E-state index is 12.2. The van der Waals surface area contributed by atoms with Crippen LogP contribution < -0.4 is 5.32 Å². The third-order valence-corrected chi connectivity index (χ3v) is 4.99. The molecule has 1 saturated heterocycles. The van der Waals surface area contributed by atoms with Crippen LogP contribution in [0, 0.1) is 0 Å². The molecule has 0 saturated carbocycles. The first-order chi connectivity index (χ1) is 11.3. The molecule has 1 aliphatic rings. The molecule has 2 heterocycles. The number of nitrogens with zero attached hydrogens (tertiary/aromatic N) is 1. The first-order valence-electron chi connectivity index (χ1n) is 8.00. The van der Waals surface area contributed by atoms with Gasteiger partial charge >= 0.3 is 0 Å². The number of thiophene rings is 1. The second-order valence-electron chi connectivity index (χ2n) is 5.68. The average molecular weight is 330 g/mol. The summed E-state index contributed by atoms with van der Waals surface area (Å²) >= 11 is 1.48. The number of rotatable bonds is 6. The molecule has 5 heteroatoms. The summed E-state index contributed by atoms with van der Waals surface area (Å²) in [7, 11) is 0. The highest BCUT2D eigenvalue weighted by Crippen LogP contribution is 2.12. The van der Waals surface area contributed by atoms with E-state index in [1.807, 2.05) is 23.6 Å². The molecule has 122 valence electrons. The lowest BCUT2D eigenvalue weighted by Gasteiger charge is -2.34. The van der Waals surface area contributed by atoms with Gasteiger partial charge in [-0.15, -0.1) is 11.3 Å². The fourth-order valence-corrected chi connectivity index (χ4v) is 3.50. The average Bonchev–Trinajstić information content (AvgIpc) is 3.15. The van der Waals surface area contributed by atoms with Crippen molar-refractivity contribution in [2.24, 2.45) is 0 Å². The van der Waals surface area contributed by atoms with Crippen LogP contribution in [-0.2, 0) is 11.2 Å². The molecular formula is C18H22N2O2S. The molecule has 1 aromatic carbocycles. The zero-order chi connectivity index (χ0) is 15.9. The van der Waals surface area contributed by atoms with Crippen molar-refractivity contribution in [3.8, 4) is 0 Å². The van der Waals surface area contributed by atoms with E-state index >= 15 is 0 Å². The molecule has 1 amide bonds. The second kappa shape index (κ2) is 8.24. The number of morpholine rings is 1. The summed E-state index contributed by atoms with van der Waals surface area (Å²) in [6, 6.07) is 14.5. The number of nitrogens with one attached hydrogen (secondary N) is 1. The summed E-state index contributed by atoms with van der Waals surface area (Å²) < 4.78 is 5.46. The van der Waals surface area contributed by atoms with E-state index in [0.717, 1.165) is 37.6 Å². The third-order valence-electron chi connectivity index (χ3n) is 4.12. The predicted molar refractivity (Wildman–Crippen MR) is 93.0 cm³/mol. The lowest BCUT2D eigenvalue weighted by molar-refractivity contribution is 0.0168. The van der Waals surface area contributed by atoms with E-state index in [2.05, 4.69) is 34.5 Å². The van der Waals surface area contributed by atoms with Crippen molar-refractivity contribution in [2.45, 2.75) is 12.5 Å². The highest BCUT2D eigenvalue weighted by molar-refractivity contribution is 7.12. The van der Waals surface area contributed by atoms with Crippen LogP contribution in [-0.4, -0.2) is 49.7 Å². The maximum absolute atomic E-state index is 12.2. The quantitative estimate of drug-likeness (QED) is 0.884. The van der Waals surface area contributed by atoms with Gasteiger partial charge in [0, 0.05) is 25.7 Å². The minimum atomic E-state index is 0.0197. The van der Waals surface area contributed by atoms with Crippen LogP contribution in [0.5, 0.6) is 0 Å². The van der Waals surface area contributed by atoms with E-state index in [-0.39, 0.29) is 5.91 Å². The van der Waals surface area contributed by atoms with Gasteiger partial charge in [0.05, 0.1) is 18.1 Å². The van der Waals surface area contributed by atoms with Crippen LogP contribution in [0.3, 0.4) is 0 Å². The molecule has 3 rings (SSSR count). The Morgan fingerprint density at radius 2 is 1.96 bits per heavy atom. The minimum Gasteiger partial charge on any atom is -0.379 e. The van der Waals surface area contributed by atoms with Crippen LogP contribution in [0.1, 0.15) is 15.2 Å². The summed E-state index contributed by atoms with van der Waals surface area (Å²) in [5, 5.41) is 5.02. The number of carbonyl (C=O) groups excluding carboxylic acids is 1. The minimum absolute atomic E-state index is 0.0197. The first-order valence-corrected chi connectivity index (χ1v) is 8.88. The van der Waals surface area contributed by atoms with Gasteiger partial charge in [0.25, 0.3) is 5.91 Å². The van der Waals surface area contributed by atoms with Crippen molar-refractivity contribution >= 4 is 17.2 Å². The Kier molecular flexibility index (Phi) is 5.80. The van der Waals surface area contributed by atoms with Gasteiger partial charge in [-0.3, -0.25) is 9.69 Å². The first kappa shape index (κ1) is 16.2. The van der Waals surface area contributed by atoms with Gasteiger partial charge in [-0.1, -0.05) is 36.4 Å². The second-order valence-corrected chi connectivity index (χ2v) is 6.63.